The highest BCUT2D eigenvalue weighted by Gasteiger charge is 2.51. The van der Waals surface area contributed by atoms with Crippen LogP contribution >= 0.6 is 27.3 Å². The topological polar surface area (TPSA) is 3.24 Å². The minimum Gasteiger partial charge on any atom is -0.297 e. The number of rotatable bonds is 2. The molecule has 1 aromatic heterocycles. The van der Waals surface area contributed by atoms with Gasteiger partial charge in [0.05, 0.1) is 0 Å². The van der Waals surface area contributed by atoms with Crippen LogP contribution in [0.1, 0.15) is 17.7 Å². The Morgan fingerprint density at radius 1 is 1.46 bits per heavy atom. The molecule has 1 aromatic rings. The van der Waals surface area contributed by atoms with E-state index in [0.29, 0.717) is 0 Å². The molecular weight excluding hydrogens is 246 g/mol. The van der Waals surface area contributed by atoms with E-state index in [4.69, 9.17) is 0 Å². The van der Waals surface area contributed by atoms with Gasteiger partial charge in [0, 0.05) is 29.0 Å². The van der Waals surface area contributed by atoms with Crippen LogP contribution < -0.4 is 0 Å². The third-order valence-corrected chi connectivity index (χ3v) is 5.04. The van der Waals surface area contributed by atoms with Crippen molar-refractivity contribution in [3.05, 3.63) is 20.8 Å². The monoisotopic (exact) mass is 257 g/mol. The molecule has 2 heterocycles. The largest absolute Gasteiger partial charge is 0.297 e. The van der Waals surface area contributed by atoms with Crippen molar-refractivity contribution >= 4 is 27.3 Å². The minimum absolute atomic E-state index is 0.795. The van der Waals surface area contributed by atoms with E-state index in [2.05, 4.69) is 32.3 Å². The molecule has 2 fully saturated rings. The third-order valence-electron chi connectivity index (χ3n) is 3.13. The van der Waals surface area contributed by atoms with Crippen LogP contribution in [0, 0.1) is 5.41 Å². The summed E-state index contributed by atoms with van der Waals surface area (Å²) in [6.45, 7) is 3.84. The average Bonchev–Trinajstić information content (AvgIpc) is 2.72. The second-order valence-electron chi connectivity index (χ2n) is 4.34. The molecule has 1 aliphatic carbocycles. The number of nitrogens with zero attached hydrogens (tertiary/aromatic N) is 1. The molecule has 1 saturated carbocycles. The summed E-state index contributed by atoms with van der Waals surface area (Å²) >= 11 is 5.44. The zero-order valence-corrected chi connectivity index (χ0v) is 9.83. The fourth-order valence-electron chi connectivity index (χ4n) is 2.15. The Bertz CT molecular complexity index is 321. The van der Waals surface area contributed by atoms with Gasteiger partial charge in [-0.1, -0.05) is 0 Å². The van der Waals surface area contributed by atoms with Crippen molar-refractivity contribution in [2.24, 2.45) is 5.41 Å². The molecule has 0 N–H and O–H groups in total. The summed E-state index contributed by atoms with van der Waals surface area (Å²) in [6.07, 6.45) is 2.96. The van der Waals surface area contributed by atoms with Gasteiger partial charge >= 0.3 is 0 Å². The van der Waals surface area contributed by atoms with Gasteiger partial charge < -0.3 is 0 Å². The van der Waals surface area contributed by atoms with Crippen LogP contribution in [0.5, 0.6) is 0 Å². The highest BCUT2D eigenvalue weighted by molar-refractivity contribution is 9.10. The van der Waals surface area contributed by atoms with E-state index in [9.17, 15) is 0 Å². The summed E-state index contributed by atoms with van der Waals surface area (Å²) in [4.78, 5) is 4.04. The summed E-state index contributed by atoms with van der Waals surface area (Å²) in [7, 11) is 0. The summed E-state index contributed by atoms with van der Waals surface area (Å²) in [6, 6.07) is 2.15. The second kappa shape index (κ2) is 2.81. The molecule has 0 aromatic carbocycles. The first kappa shape index (κ1) is 8.45. The Morgan fingerprint density at radius 2 is 2.23 bits per heavy atom. The van der Waals surface area contributed by atoms with Gasteiger partial charge in [-0.15, -0.1) is 11.3 Å². The molecule has 0 radical (unpaired) electrons. The first-order chi connectivity index (χ1) is 6.27. The third kappa shape index (κ3) is 1.47. The van der Waals surface area contributed by atoms with Crippen molar-refractivity contribution in [3.8, 4) is 0 Å². The Hall–Kier alpha value is 0.140. The van der Waals surface area contributed by atoms with Gasteiger partial charge in [-0.25, -0.2) is 0 Å². The second-order valence-corrected chi connectivity index (χ2v) is 6.19. The molecule has 1 aliphatic heterocycles. The van der Waals surface area contributed by atoms with E-state index in [-0.39, 0.29) is 0 Å². The number of hydrogen-bond acceptors (Lipinski definition) is 2. The molecule has 13 heavy (non-hydrogen) atoms. The van der Waals surface area contributed by atoms with Crippen LogP contribution in [0.3, 0.4) is 0 Å². The van der Waals surface area contributed by atoms with E-state index in [0.717, 1.165) is 12.0 Å². The predicted molar refractivity (Wildman–Crippen MR) is 59.0 cm³/mol. The van der Waals surface area contributed by atoms with Crippen molar-refractivity contribution in [1.29, 1.82) is 0 Å². The van der Waals surface area contributed by atoms with Crippen molar-refractivity contribution in [2.45, 2.75) is 19.4 Å². The molecule has 70 valence electrons. The standard InChI is InChI=1S/C10H12BrNS/c11-8-1-4-13-9(8)5-12-6-10(7-12)2-3-10/h1,4H,2-3,5-7H2. The molecule has 3 rings (SSSR count). The zero-order valence-electron chi connectivity index (χ0n) is 7.42. The Morgan fingerprint density at radius 3 is 2.77 bits per heavy atom. The first-order valence-corrected chi connectivity index (χ1v) is 6.39. The van der Waals surface area contributed by atoms with Crippen LogP contribution in [-0.2, 0) is 6.54 Å². The lowest BCUT2D eigenvalue weighted by molar-refractivity contribution is 0.0748. The van der Waals surface area contributed by atoms with E-state index < -0.39 is 0 Å². The highest BCUT2D eigenvalue weighted by Crippen LogP contribution is 2.53. The zero-order chi connectivity index (χ0) is 8.89. The van der Waals surface area contributed by atoms with E-state index in [1.165, 1.54) is 35.3 Å². The Labute approximate surface area is 90.9 Å². The fraction of sp³-hybridized carbons (Fsp3) is 0.600. The van der Waals surface area contributed by atoms with Gasteiger partial charge in [-0.3, -0.25) is 4.90 Å². The molecule has 0 unspecified atom stereocenters. The lowest BCUT2D eigenvalue weighted by Crippen LogP contribution is -2.47. The number of thiophene rings is 1. The van der Waals surface area contributed by atoms with Crippen LogP contribution in [0.15, 0.2) is 15.9 Å². The van der Waals surface area contributed by atoms with Crippen molar-refractivity contribution in [2.75, 3.05) is 13.1 Å². The Balaban J connectivity index is 1.62. The maximum absolute atomic E-state index is 3.58. The maximum atomic E-state index is 3.58. The van der Waals surface area contributed by atoms with Crippen LogP contribution in [0.2, 0.25) is 0 Å². The van der Waals surface area contributed by atoms with E-state index in [1.54, 1.807) is 0 Å². The number of hydrogen-bond donors (Lipinski definition) is 0. The van der Waals surface area contributed by atoms with Gasteiger partial charge in [0.2, 0.25) is 0 Å². The first-order valence-electron chi connectivity index (χ1n) is 4.72. The molecule has 3 heteroatoms. The van der Waals surface area contributed by atoms with Gasteiger partial charge in [-0.05, 0) is 45.6 Å². The van der Waals surface area contributed by atoms with Gasteiger partial charge in [0.1, 0.15) is 0 Å². The molecule has 0 bridgehead atoms. The number of halogens is 1. The molecule has 1 spiro atoms. The quantitative estimate of drug-likeness (QED) is 0.787. The summed E-state index contributed by atoms with van der Waals surface area (Å²) in [5.41, 5.74) is 0.795. The Kier molecular flexibility index (Phi) is 1.83. The van der Waals surface area contributed by atoms with E-state index in [1.807, 2.05) is 11.3 Å². The van der Waals surface area contributed by atoms with Gasteiger partial charge in [0.25, 0.3) is 0 Å². The molecule has 0 amide bonds. The molecule has 0 atom stereocenters. The van der Waals surface area contributed by atoms with Gasteiger partial charge in [0.15, 0.2) is 0 Å². The summed E-state index contributed by atoms with van der Waals surface area (Å²) < 4.78 is 1.29. The molecule has 2 aliphatic rings. The van der Waals surface area contributed by atoms with Crippen molar-refractivity contribution in [1.82, 2.24) is 4.90 Å². The molecule has 1 saturated heterocycles. The van der Waals surface area contributed by atoms with E-state index >= 15 is 0 Å². The highest BCUT2D eigenvalue weighted by atomic mass is 79.9. The predicted octanol–water partition coefficient (Wildman–Crippen LogP) is 3.11. The average molecular weight is 258 g/mol. The van der Waals surface area contributed by atoms with Crippen molar-refractivity contribution in [3.63, 3.8) is 0 Å². The lowest BCUT2D eigenvalue weighted by atomic mass is 9.97. The smallest absolute Gasteiger partial charge is 0.0339 e. The lowest BCUT2D eigenvalue weighted by Gasteiger charge is -2.39. The SMILES string of the molecule is Brc1ccsc1CN1CC2(CC2)C1. The summed E-state index contributed by atoms with van der Waals surface area (Å²) in [5.74, 6) is 0. The normalized spacial score (nSPS) is 24.7. The van der Waals surface area contributed by atoms with Crippen LogP contribution in [0.25, 0.3) is 0 Å². The molecule has 1 nitrogen and oxygen atoms in total. The van der Waals surface area contributed by atoms with Crippen LogP contribution in [0.4, 0.5) is 0 Å². The summed E-state index contributed by atoms with van der Waals surface area (Å²) in [5, 5.41) is 2.16. The molecular formula is C10H12BrNS. The van der Waals surface area contributed by atoms with Crippen LogP contribution in [-0.4, -0.2) is 18.0 Å². The van der Waals surface area contributed by atoms with Gasteiger partial charge in [-0.2, -0.15) is 0 Å². The van der Waals surface area contributed by atoms with Crippen molar-refractivity contribution < 1.29 is 0 Å². The fourth-order valence-corrected chi connectivity index (χ4v) is 3.67. The maximum Gasteiger partial charge on any atom is 0.0339 e. The number of likely N-dealkylation sites (tertiary alicyclic amines) is 1. The minimum atomic E-state index is 0.795.